The summed E-state index contributed by atoms with van der Waals surface area (Å²) < 4.78 is 10.9. The van der Waals surface area contributed by atoms with Gasteiger partial charge in [0.2, 0.25) is 0 Å². The molecule has 2 atom stereocenters. The molecule has 1 N–H and O–H groups in total. The van der Waals surface area contributed by atoms with Crippen molar-refractivity contribution in [3.05, 3.63) is 53.3 Å². The zero-order valence-electron chi connectivity index (χ0n) is 17.0. The van der Waals surface area contributed by atoms with Crippen molar-refractivity contribution in [3.63, 3.8) is 0 Å². The summed E-state index contributed by atoms with van der Waals surface area (Å²) >= 11 is 0. The van der Waals surface area contributed by atoms with E-state index in [9.17, 15) is 5.11 Å². The first-order chi connectivity index (χ1) is 13.5. The van der Waals surface area contributed by atoms with Gasteiger partial charge in [-0.2, -0.15) is 0 Å². The highest BCUT2D eigenvalue weighted by molar-refractivity contribution is 5.40. The van der Waals surface area contributed by atoms with Crippen molar-refractivity contribution in [1.29, 1.82) is 0 Å². The van der Waals surface area contributed by atoms with Crippen molar-refractivity contribution in [3.8, 4) is 11.5 Å². The van der Waals surface area contributed by atoms with Crippen LogP contribution in [-0.4, -0.2) is 42.3 Å². The highest BCUT2D eigenvalue weighted by Crippen LogP contribution is 2.49. The zero-order valence-corrected chi connectivity index (χ0v) is 17.0. The first kappa shape index (κ1) is 19.2. The number of nitrogens with zero attached hydrogens (tertiary/aromatic N) is 2. The maximum atomic E-state index is 11.7. The van der Waals surface area contributed by atoms with E-state index in [2.05, 4.69) is 22.0 Å². The van der Waals surface area contributed by atoms with E-state index in [0.717, 1.165) is 60.8 Å². The lowest BCUT2D eigenvalue weighted by Crippen LogP contribution is -2.58. The molecule has 2 aliphatic rings. The summed E-state index contributed by atoms with van der Waals surface area (Å²) in [6.07, 6.45) is 5.14. The molecule has 0 amide bonds. The number of aromatic nitrogens is 1. The van der Waals surface area contributed by atoms with Gasteiger partial charge in [0, 0.05) is 49.3 Å². The van der Waals surface area contributed by atoms with Crippen LogP contribution in [-0.2, 0) is 12.1 Å². The molecule has 1 saturated carbocycles. The van der Waals surface area contributed by atoms with Gasteiger partial charge in [-0.1, -0.05) is 18.6 Å². The van der Waals surface area contributed by atoms with Crippen LogP contribution in [0.25, 0.3) is 0 Å². The Morgan fingerprint density at radius 3 is 2.46 bits per heavy atom. The Balaban J connectivity index is 1.56. The minimum absolute atomic E-state index is 0.208. The molecule has 1 aliphatic heterocycles. The van der Waals surface area contributed by atoms with Gasteiger partial charge >= 0.3 is 0 Å². The summed E-state index contributed by atoms with van der Waals surface area (Å²) in [5, 5.41) is 11.7. The number of aryl methyl sites for hydroxylation is 1. The molecule has 28 heavy (non-hydrogen) atoms. The Hall–Kier alpha value is -2.11. The highest BCUT2D eigenvalue weighted by atomic mass is 16.5. The molecule has 5 nitrogen and oxygen atoms in total. The van der Waals surface area contributed by atoms with Gasteiger partial charge in [-0.3, -0.25) is 9.88 Å². The third-order valence-electron chi connectivity index (χ3n) is 6.52. The van der Waals surface area contributed by atoms with Crippen molar-refractivity contribution in [1.82, 2.24) is 9.88 Å². The molecule has 5 heteroatoms. The van der Waals surface area contributed by atoms with Crippen LogP contribution >= 0.6 is 0 Å². The van der Waals surface area contributed by atoms with Crippen LogP contribution in [0.2, 0.25) is 0 Å². The molecule has 1 aliphatic carbocycles. The molecule has 0 unspecified atom stereocenters. The van der Waals surface area contributed by atoms with Gasteiger partial charge in [0.15, 0.2) is 0 Å². The molecule has 2 fully saturated rings. The van der Waals surface area contributed by atoms with Gasteiger partial charge in [-0.05, 0) is 37.5 Å². The predicted octanol–water partition coefficient (Wildman–Crippen LogP) is 3.53. The van der Waals surface area contributed by atoms with E-state index >= 15 is 0 Å². The normalized spacial score (nSPS) is 27.4. The fourth-order valence-corrected chi connectivity index (χ4v) is 5.02. The Morgan fingerprint density at radius 1 is 1.11 bits per heavy atom. The Labute approximate surface area is 167 Å². The number of hydrogen-bond acceptors (Lipinski definition) is 5. The second kappa shape index (κ2) is 7.72. The predicted molar refractivity (Wildman–Crippen MR) is 109 cm³/mol. The maximum Gasteiger partial charge on any atom is 0.127 e. The summed E-state index contributed by atoms with van der Waals surface area (Å²) in [4.78, 5) is 7.07. The van der Waals surface area contributed by atoms with Crippen LogP contribution in [0.5, 0.6) is 11.5 Å². The summed E-state index contributed by atoms with van der Waals surface area (Å²) in [5.41, 5.74) is 2.31. The molecule has 2 heterocycles. The summed E-state index contributed by atoms with van der Waals surface area (Å²) in [6.45, 7) is 4.60. The zero-order chi connectivity index (χ0) is 19.7. The lowest BCUT2D eigenvalue weighted by Gasteiger charge is -2.52. The second-order valence-electron chi connectivity index (χ2n) is 8.24. The average molecular weight is 383 g/mol. The van der Waals surface area contributed by atoms with Crippen molar-refractivity contribution < 1.29 is 14.6 Å². The Morgan fingerprint density at radius 2 is 1.86 bits per heavy atom. The van der Waals surface area contributed by atoms with E-state index in [1.54, 1.807) is 14.2 Å². The molecule has 4 rings (SSSR count). The third kappa shape index (κ3) is 3.38. The smallest absolute Gasteiger partial charge is 0.127 e. The first-order valence-corrected chi connectivity index (χ1v) is 10.1. The molecule has 0 spiro atoms. The summed E-state index contributed by atoms with van der Waals surface area (Å²) in [5.74, 6) is 2.07. The lowest BCUT2D eigenvalue weighted by atomic mass is 9.64. The second-order valence-corrected chi connectivity index (χ2v) is 8.24. The van der Waals surface area contributed by atoms with E-state index in [0.29, 0.717) is 0 Å². The minimum Gasteiger partial charge on any atom is -0.497 e. The van der Waals surface area contributed by atoms with Gasteiger partial charge in [0.1, 0.15) is 17.1 Å². The van der Waals surface area contributed by atoms with E-state index in [1.165, 1.54) is 6.42 Å². The minimum atomic E-state index is -0.813. The van der Waals surface area contributed by atoms with Crippen molar-refractivity contribution in [2.45, 2.75) is 38.3 Å². The molecule has 0 radical (unpaired) electrons. The number of ether oxygens (including phenoxy) is 2. The van der Waals surface area contributed by atoms with E-state index in [1.807, 2.05) is 31.3 Å². The summed E-state index contributed by atoms with van der Waals surface area (Å²) in [7, 11) is 3.37. The quantitative estimate of drug-likeness (QED) is 0.857. The van der Waals surface area contributed by atoms with E-state index in [4.69, 9.17) is 9.47 Å². The van der Waals surface area contributed by atoms with Crippen LogP contribution in [0.15, 0.2) is 36.5 Å². The lowest BCUT2D eigenvalue weighted by molar-refractivity contribution is -0.151. The standard InChI is InChI=1S/C23H30N2O3/c1-16-7-10-22(24-12-16)23(26)18-5-4-6-19(23)15-25(14-18)13-17-8-9-20(27-2)11-21(17)28-3/h7-12,18-19,26H,4-6,13-15H2,1-3H3/t18-,19-/m0/s1. The number of piperidine rings is 1. The number of fused-ring (bicyclic) bond motifs is 2. The Bertz CT molecular complexity index is 807. The largest absolute Gasteiger partial charge is 0.497 e. The monoisotopic (exact) mass is 382 g/mol. The molecule has 1 aromatic heterocycles. The number of methoxy groups -OCH3 is 2. The van der Waals surface area contributed by atoms with Gasteiger partial charge in [0.25, 0.3) is 0 Å². The van der Waals surface area contributed by atoms with Crippen molar-refractivity contribution in [2.24, 2.45) is 11.8 Å². The van der Waals surface area contributed by atoms with Crippen molar-refractivity contribution >= 4 is 0 Å². The van der Waals surface area contributed by atoms with Gasteiger partial charge in [-0.15, -0.1) is 0 Å². The SMILES string of the molecule is COc1ccc(CN2C[C@@H]3CCC[C@@H](C2)C3(O)c2ccc(C)cn2)c(OC)c1. The molecule has 150 valence electrons. The van der Waals surface area contributed by atoms with Crippen LogP contribution in [0, 0.1) is 18.8 Å². The van der Waals surface area contributed by atoms with Crippen LogP contribution in [0.3, 0.4) is 0 Å². The maximum absolute atomic E-state index is 11.7. The van der Waals surface area contributed by atoms with Gasteiger partial charge in [0.05, 0.1) is 19.9 Å². The van der Waals surface area contributed by atoms with E-state index in [-0.39, 0.29) is 11.8 Å². The topological polar surface area (TPSA) is 54.8 Å². The molecule has 1 aromatic carbocycles. The van der Waals surface area contributed by atoms with Gasteiger partial charge in [-0.25, -0.2) is 0 Å². The molecular weight excluding hydrogens is 352 g/mol. The number of aliphatic hydroxyl groups is 1. The van der Waals surface area contributed by atoms with Crippen LogP contribution < -0.4 is 9.47 Å². The van der Waals surface area contributed by atoms with E-state index < -0.39 is 5.60 Å². The van der Waals surface area contributed by atoms with Crippen LogP contribution in [0.1, 0.15) is 36.1 Å². The Kier molecular flexibility index (Phi) is 5.30. The number of benzene rings is 1. The van der Waals surface area contributed by atoms with Crippen molar-refractivity contribution in [2.75, 3.05) is 27.3 Å². The molecule has 1 saturated heterocycles. The van der Waals surface area contributed by atoms with Gasteiger partial charge < -0.3 is 14.6 Å². The van der Waals surface area contributed by atoms with Crippen LogP contribution in [0.4, 0.5) is 0 Å². The number of likely N-dealkylation sites (tertiary alicyclic amines) is 1. The molecular formula is C23H30N2O3. The summed E-state index contributed by atoms with van der Waals surface area (Å²) in [6, 6.07) is 10.1. The number of pyridine rings is 1. The fraction of sp³-hybridized carbons (Fsp3) is 0.522. The number of rotatable bonds is 5. The first-order valence-electron chi connectivity index (χ1n) is 10.1. The number of hydrogen-bond donors (Lipinski definition) is 1. The molecule has 2 bridgehead atoms. The average Bonchev–Trinajstić information content (AvgIpc) is 2.69. The fourth-order valence-electron chi connectivity index (χ4n) is 5.02. The highest BCUT2D eigenvalue weighted by Gasteiger charge is 2.52. The molecule has 2 aromatic rings. The third-order valence-corrected chi connectivity index (χ3v) is 6.52.